The fourth-order valence-corrected chi connectivity index (χ4v) is 1.82. The molecule has 0 aliphatic rings. The summed E-state index contributed by atoms with van der Waals surface area (Å²) < 4.78 is 5.15. The van der Waals surface area contributed by atoms with Crippen LogP contribution in [0.1, 0.15) is 27.5 Å². The van der Waals surface area contributed by atoms with Gasteiger partial charge in [-0.05, 0) is 18.9 Å². The number of carbonyl (C=O) groups is 1. The third-order valence-corrected chi connectivity index (χ3v) is 2.96. The van der Waals surface area contributed by atoms with Crippen LogP contribution in [-0.2, 0) is 12.8 Å². The number of hydrogen-bond acceptors (Lipinski definition) is 4. The van der Waals surface area contributed by atoms with Crippen molar-refractivity contribution in [2.45, 2.75) is 19.8 Å². The molecule has 5 nitrogen and oxygen atoms in total. The summed E-state index contributed by atoms with van der Waals surface area (Å²) in [6.45, 7) is 3.07. The minimum absolute atomic E-state index is 0.218. The molecule has 0 spiro atoms. The van der Waals surface area contributed by atoms with E-state index < -0.39 is 0 Å². The van der Waals surface area contributed by atoms with Crippen LogP contribution in [0.5, 0.6) is 0 Å². The molecule has 20 heavy (non-hydrogen) atoms. The van der Waals surface area contributed by atoms with Gasteiger partial charge in [-0.3, -0.25) is 4.79 Å². The van der Waals surface area contributed by atoms with Crippen molar-refractivity contribution in [2.75, 3.05) is 13.1 Å². The first-order chi connectivity index (χ1) is 9.69. The second-order valence-electron chi connectivity index (χ2n) is 4.66. The smallest absolute Gasteiger partial charge is 0.273 e. The molecule has 2 aromatic rings. The van der Waals surface area contributed by atoms with Crippen LogP contribution in [0.25, 0.3) is 0 Å². The average molecular weight is 273 g/mol. The minimum atomic E-state index is -0.218. The molecule has 0 bridgehead atoms. The van der Waals surface area contributed by atoms with Crippen LogP contribution in [-0.4, -0.2) is 24.0 Å². The number of hydrogen-bond donors (Lipinski definition) is 2. The van der Waals surface area contributed by atoms with Crippen molar-refractivity contribution < 1.29 is 9.21 Å². The monoisotopic (exact) mass is 273 g/mol. The zero-order valence-corrected chi connectivity index (χ0v) is 11.6. The highest BCUT2D eigenvalue weighted by Gasteiger charge is 2.11. The summed E-state index contributed by atoms with van der Waals surface area (Å²) in [5.41, 5.74) is 8.13. The van der Waals surface area contributed by atoms with Crippen molar-refractivity contribution in [2.24, 2.45) is 5.73 Å². The molecule has 1 amide bonds. The number of nitrogens with two attached hydrogens (primary N) is 1. The fraction of sp³-hybridized carbons (Fsp3) is 0.333. The molecule has 0 radical (unpaired) electrons. The molecule has 2 rings (SSSR count). The highest BCUT2D eigenvalue weighted by Crippen LogP contribution is 2.04. The van der Waals surface area contributed by atoms with Gasteiger partial charge in [0.2, 0.25) is 0 Å². The van der Waals surface area contributed by atoms with Gasteiger partial charge in [-0.2, -0.15) is 0 Å². The lowest BCUT2D eigenvalue weighted by Gasteiger charge is -2.03. The second kappa shape index (κ2) is 6.86. The number of rotatable bonds is 6. The number of nitrogens with zero attached hydrogens (tertiary/aromatic N) is 1. The number of nitrogens with one attached hydrogen (secondary N) is 1. The predicted octanol–water partition coefficient (Wildman–Crippen LogP) is 1.46. The van der Waals surface area contributed by atoms with Gasteiger partial charge in [-0.1, -0.05) is 29.8 Å². The van der Waals surface area contributed by atoms with E-state index in [1.165, 1.54) is 17.4 Å². The maximum atomic E-state index is 11.8. The Labute approximate surface area is 118 Å². The summed E-state index contributed by atoms with van der Waals surface area (Å²) in [5.74, 6) is 0.278. The summed E-state index contributed by atoms with van der Waals surface area (Å²) in [6, 6.07) is 8.26. The van der Waals surface area contributed by atoms with E-state index in [-0.39, 0.29) is 5.91 Å². The van der Waals surface area contributed by atoms with Gasteiger partial charge in [-0.15, -0.1) is 0 Å². The number of benzene rings is 1. The molecule has 0 saturated carbocycles. The van der Waals surface area contributed by atoms with Crippen LogP contribution < -0.4 is 11.1 Å². The minimum Gasteiger partial charge on any atom is -0.448 e. The Morgan fingerprint density at radius 2 is 2.05 bits per heavy atom. The summed E-state index contributed by atoms with van der Waals surface area (Å²) >= 11 is 0. The van der Waals surface area contributed by atoms with Gasteiger partial charge in [0.1, 0.15) is 6.26 Å². The first kappa shape index (κ1) is 14.3. The molecule has 106 valence electrons. The van der Waals surface area contributed by atoms with Gasteiger partial charge in [-0.25, -0.2) is 4.98 Å². The zero-order chi connectivity index (χ0) is 14.4. The number of carbonyl (C=O) groups excluding carboxylic acids is 1. The van der Waals surface area contributed by atoms with Crippen LogP contribution in [0.15, 0.2) is 34.9 Å². The molecule has 0 atom stereocenters. The number of aryl methyl sites for hydroxylation is 1. The summed E-state index contributed by atoms with van der Waals surface area (Å²) in [7, 11) is 0. The Morgan fingerprint density at radius 1 is 1.30 bits per heavy atom. The van der Waals surface area contributed by atoms with Crippen molar-refractivity contribution in [3.8, 4) is 0 Å². The van der Waals surface area contributed by atoms with Crippen molar-refractivity contribution >= 4 is 5.91 Å². The van der Waals surface area contributed by atoms with Crippen molar-refractivity contribution in [1.29, 1.82) is 0 Å². The van der Waals surface area contributed by atoms with Crippen LogP contribution >= 0.6 is 0 Å². The SMILES string of the molecule is Cc1ccc(CCNC(=O)c2coc(CCN)n2)cc1. The van der Waals surface area contributed by atoms with E-state index in [0.717, 1.165) is 6.42 Å². The van der Waals surface area contributed by atoms with E-state index in [1.807, 2.05) is 0 Å². The Morgan fingerprint density at radius 3 is 2.75 bits per heavy atom. The maximum Gasteiger partial charge on any atom is 0.273 e. The van der Waals surface area contributed by atoms with Gasteiger partial charge in [0.05, 0.1) is 0 Å². The van der Waals surface area contributed by atoms with Crippen molar-refractivity contribution in [3.63, 3.8) is 0 Å². The van der Waals surface area contributed by atoms with Crippen LogP contribution in [0.3, 0.4) is 0 Å². The quantitative estimate of drug-likeness (QED) is 0.835. The largest absolute Gasteiger partial charge is 0.448 e. The van der Waals surface area contributed by atoms with E-state index in [4.69, 9.17) is 10.2 Å². The number of amides is 1. The van der Waals surface area contributed by atoms with Crippen LogP contribution in [0, 0.1) is 6.92 Å². The first-order valence-corrected chi connectivity index (χ1v) is 6.67. The Balaban J connectivity index is 1.81. The maximum absolute atomic E-state index is 11.8. The normalized spacial score (nSPS) is 10.5. The lowest BCUT2D eigenvalue weighted by molar-refractivity contribution is 0.0949. The molecule has 3 N–H and O–H groups in total. The standard InChI is InChI=1S/C15H19N3O2/c1-11-2-4-12(5-3-11)7-9-17-15(19)13-10-20-14(18-13)6-8-16/h2-5,10H,6-9,16H2,1H3,(H,17,19). The average Bonchev–Trinajstić information content (AvgIpc) is 2.90. The molecule has 1 aromatic carbocycles. The Kier molecular flexibility index (Phi) is 4.90. The highest BCUT2D eigenvalue weighted by molar-refractivity contribution is 5.91. The van der Waals surface area contributed by atoms with Gasteiger partial charge in [0.25, 0.3) is 5.91 Å². The Hall–Kier alpha value is -2.14. The zero-order valence-electron chi connectivity index (χ0n) is 11.6. The number of oxazole rings is 1. The van der Waals surface area contributed by atoms with Crippen LogP contribution in [0.2, 0.25) is 0 Å². The summed E-state index contributed by atoms with van der Waals surface area (Å²) in [6.07, 6.45) is 2.70. The lowest BCUT2D eigenvalue weighted by atomic mass is 10.1. The molecule has 0 fully saturated rings. The third kappa shape index (κ3) is 3.93. The second-order valence-corrected chi connectivity index (χ2v) is 4.66. The Bertz CT molecular complexity index is 561. The van der Waals surface area contributed by atoms with E-state index >= 15 is 0 Å². The van der Waals surface area contributed by atoms with Crippen molar-refractivity contribution in [1.82, 2.24) is 10.3 Å². The third-order valence-electron chi connectivity index (χ3n) is 2.96. The van der Waals surface area contributed by atoms with E-state index in [2.05, 4.69) is 41.5 Å². The molecule has 0 unspecified atom stereocenters. The van der Waals surface area contributed by atoms with Crippen molar-refractivity contribution in [3.05, 3.63) is 53.2 Å². The molecular weight excluding hydrogens is 254 g/mol. The molecule has 0 aliphatic carbocycles. The summed E-state index contributed by atoms with van der Waals surface area (Å²) in [5, 5.41) is 2.82. The summed E-state index contributed by atoms with van der Waals surface area (Å²) in [4.78, 5) is 15.9. The molecule has 1 aromatic heterocycles. The number of aromatic nitrogens is 1. The predicted molar refractivity (Wildman–Crippen MR) is 76.5 cm³/mol. The lowest BCUT2D eigenvalue weighted by Crippen LogP contribution is -2.26. The first-order valence-electron chi connectivity index (χ1n) is 6.67. The molecule has 0 saturated heterocycles. The van der Waals surface area contributed by atoms with Crippen LogP contribution in [0.4, 0.5) is 0 Å². The molecule has 5 heteroatoms. The fourth-order valence-electron chi connectivity index (χ4n) is 1.82. The van der Waals surface area contributed by atoms with E-state index in [9.17, 15) is 4.79 Å². The van der Waals surface area contributed by atoms with Gasteiger partial charge in [0.15, 0.2) is 11.6 Å². The topological polar surface area (TPSA) is 81.2 Å². The van der Waals surface area contributed by atoms with E-state index in [1.54, 1.807) is 0 Å². The highest BCUT2D eigenvalue weighted by atomic mass is 16.3. The van der Waals surface area contributed by atoms with Gasteiger partial charge >= 0.3 is 0 Å². The van der Waals surface area contributed by atoms with Gasteiger partial charge < -0.3 is 15.5 Å². The molecule has 0 aliphatic heterocycles. The molecular formula is C15H19N3O2. The molecule has 1 heterocycles. The van der Waals surface area contributed by atoms with E-state index in [0.29, 0.717) is 31.1 Å². The van der Waals surface area contributed by atoms with Gasteiger partial charge in [0, 0.05) is 19.5 Å².